The highest BCUT2D eigenvalue weighted by molar-refractivity contribution is 7.99. The molecular weight excluding hydrogens is 344 g/mol. The van der Waals surface area contributed by atoms with Gasteiger partial charge in [-0.3, -0.25) is 4.79 Å². The van der Waals surface area contributed by atoms with Gasteiger partial charge in [0, 0.05) is 40.7 Å². The Labute approximate surface area is 149 Å². The van der Waals surface area contributed by atoms with Crippen molar-refractivity contribution in [2.45, 2.75) is 11.3 Å². The number of thioether (sulfide) groups is 1. The Morgan fingerprint density at radius 1 is 1.17 bits per heavy atom. The molecule has 3 rings (SSSR count). The third-order valence-corrected chi connectivity index (χ3v) is 4.46. The van der Waals surface area contributed by atoms with Gasteiger partial charge in [-0.1, -0.05) is 11.6 Å². The third-order valence-electron chi connectivity index (χ3n) is 3.19. The summed E-state index contributed by atoms with van der Waals surface area (Å²) in [5.41, 5.74) is 0.641. The molecule has 0 fully saturated rings. The summed E-state index contributed by atoms with van der Waals surface area (Å²) in [7, 11) is 0. The minimum Gasteiger partial charge on any atom is -0.323 e. The van der Waals surface area contributed by atoms with Crippen molar-refractivity contribution in [1.29, 1.82) is 0 Å². The van der Waals surface area contributed by atoms with Crippen LogP contribution < -0.4 is 5.32 Å². The van der Waals surface area contributed by atoms with Gasteiger partial charge in [0.15, 0.2) is 5.82 Å². The van der Waals surface area contributed by atoms with Crippen LogP contribution in [-0.4, -0.2) is 26.4 Å². The lowest BCUT2D eigenvalue weighted by Crippen LogP contribution is -2.15. The summed E-state index contributed by atoms with van der Waals surface area (Å²) < 4.78 is 1.62. The summed E-state index contributed by atoms with van der Waals surface area (Å²) in [6, 6.07) is 13.0. The van der Waals surface area contributed by atoms with Crippen LogP contribution in [0.4, 0.5) is 5.69 Å². The van der Waals surface area contributed by atoms with Crippen LogP contribution in [0.2, 0.25) is 5.02 Å². The van der Waals surface area contributed by atoms with Crippen LogP contribution in [0.3, 0.4) is 0 Å². The van der Waals surface area contributed by atoms with Crippen LogP contribution in [0, 0.1) is 0 Å². The molecule has 7 heteroatoms. The molecule has 1 N–H and O–H groups in total. The van der Waals surface area contributed by atoms with Crippen molar-refractivity contribution >= 4 is 35.0 Å². The smallest absolute Gasteiger partial charge is 0.225 e. The third kappa shape index (κ3) is 4.37. The second-order valence-corrected chi connectivity index (χ2v) is 6.53. The number of aromatic nitrogens is 3. The quantitative estimate of drug-likeness (QED) is 0.675. The topological polar surface area (TPSA) is 59.8 Å². The molecule has 0 saturated carbocycles. The van der Waals surface area contributed by atoms with E-state index in [1.54, 1.807) is 41.1 Å². The molecule has 0 aliphatic heterocycles. The highest BCUT2D eigenvalue weighted by Crippen LogP contribution is 2.21. The predicted octanol–water partition coefficient (Wildman–Crippen LogP) is 4.04. The van der Waals surface area contributed by atoms with Crippen LogP contribution in [0.25, 0.3) is 5.82 Å². The molecule has 0 aliphatic rings. The van der Waals surface area contributed by atoms with E-state index in [2.05, 4.69) is 15.4 Å². The number of carbonyl (C=O) groups is 1. The first-order chi connectivity index (χ1) is 11.7. The standard InChI is InChI=1S/C17H15ClN4OS/c18-13-4-6-14(7-5-13)24-12-8-16(23)21-15-3-1-9-19-17(15)22-11-2-10-20-22/h1-7,9-11H,8,12H2,(H,21,23). The van der Waals surface area contributed by atoms with Crippen molar-refractivity contribution < 1.29 is 4.79 Å². The van der Waals surface area contributed by atoms with Gasteiger partial charge in [0.05, 0.1) is 5.69 Å². The molecule has 2 heterocycles. The molecule has 0 aliphatic carbocycles. The van der Waals surface area contributed by atoms with Crippen molar-refractivity contribution in [3.63, 3.8) is 0 Å². The molecule has 1 amide bonds. The maximum absolute atomic E-state index is 12.2. The molecule has 5 nitrogen and oxygen atoms in total. The van der Waals surface area contributed by atoms with Crippen LogP contribution in [-0.2, 0) is 4.79 Å². The van der Waals surface area contributed by atoms with E-state index in [-0.39, 0.29) is 5.91 Å². The number of nitrogens with zero attached hydrogens (tertiary/aromatic N) is 3. The van der Waals surface area contributed by atoms with Crippen molar-refractivity contribution in [3.8, 4) is 5.82 Å². The number of rotatable bonds is 6. The second kappa shape index (κ2) is 7.99. The fraction of sp³-hybridized carbons (Fsp3) is 0.118. The van der Waals surface area contributed by atoms with Gasteiger partial charge in [0.1, 0.15) is 0 Å². The first-order valence-corrected chi connectivity index (χ1v) is 8.72. The zero-order valence-corrected chi connectivity index (χ0v) is 14.3. The highest BCUT2D eigenvalue weighted by Gasteiger charge is 2.09. The summed E-state index contributed by atoms with van der Waals surface area (Å²) in [5, 5.41) is 7.76. The number of pyridine rings is 1. The number of nitrogens with one attached hydrogen (secondary N) is 1. The summed E-state index contributed by atoms with van der Waals surface area (Å²) in [5.74, 6) is 1.23. The van der Waals surface area contributed by atoms with Crippen molar-refractivity contribution in [1.82, 2.24) is 14.8 Å². The lowest BCUT2D eigenvalue weighted by Gasteiger charge is -2.10. The number of hydrogen-bond acceptors (Lipinski definition) is 4. The average Bonchev–Trinajstić information content (AvgIpc) is 3.11. The van der Waals surface area contributed by atoms with Gasteiger partial charge >= 0.3 is 0 Å². The minimum absolute atomic E-state index is 0.0575. The molecule has 0 unspecified atom stereocenters. The largest absolute Gasteiger partial charge is 0.323 e. The van der Waals surface area contributed by atoms with E-state index in [0.717, 1.165) is 4.90 Å². The molecular formula is C17H15ClN4OS. The number of amides is 1. The number of anilines is 1. The Balaban J connectivity index is 1.57. The number of carbonyl (C=O) groups excluding carboxylic acids is 1. The lowest BCUT2D eigenvalue weighted by atomic mass is 10.3. The van der Waals surface area contributed by atoms with Gasteiger partial charge in [0.25, 0.3) is 0 Å². The van der Waals surface area contributed by atoms with Gasteiger partial charge in [-0.2, -0.15) is 5.10 Å². The molecule has 1 aromatic carbocycles. The number of halogens is 1. The first-order valence-electron chi connectivity index (χ1n) is 7.35. The number of benzene rings is 1. The van der Waals surface area contributed by atoms with Crippen LogP contribution >= 0.6 is 23.4 Å². The molecule has 0 spiro atoms. The fourth-order valence-electron chi connectivity index (χ4n) is 2.08. The van der Waals surface area contributed by atoms with Crippen LogP contribution in [0.5, 0.6) is 0 Å². The molecule has 122 valence electrons. The highest BCUT2D eigenvalue weighted by atomic mass is 35.5. The van der Waals surface area contributed by atoms with Gasteiger partial charge in [-0.25, -0.2) is 9.67 Å². The molecule has 2 aromatic heterocycles. The van der Waals surface area contributed by atoms with E-state index >= 15 is 0 Å². The van der Waals surface area contributed by atoms with Gasteiger partial charge in [-0.15, -0.1) is 11.8 Å². The van der Waals surface area contributed by atoms with E-state index in [4.69, 9.17) is 11.6 Å². The average molecular weight is 359 g/mol. The Bertz CT molecular complexity index is 806. The molecule has 3 aromatic rings. The summed E-state index contributed by atoms with van der Waals surface area (Å²) in [4.78, 5) is 17.5. The van der Waals surface area contributed by atoms with Crippen molar-refractivity contribution in [2.75, 3.05) is 11.1 Å². The molecule has 0 radical (unpaired) electrons. The van der Waals surface area contributed by atoms with Crippen LogP contribution in [0.1, 0.15) is 6.42 Å². The Kier molecular flexibility index (Phi) is 5.51. The summed E-state index contributed by atoms with van der Waals surface area (Å²) in [6.45, 7) is 0. The van der Waals surface area contributed by atoms with E-state index < -0.39 is 0 Å². The minimum atomic E-state index is -0.0575. The summed E-state index contributed by atoms with van der Waals surface area (Å²) in [6.07, 6.45) is 5.53. The lowest BCUT2D eigenvalue weighted by molar-refractivity contribution is -0.115. The second-order valence-electron chi connectivity index (χ2n) is 4.93. The maximum Gasteiger partial charge on any atom is 0.225 e. The van der Waals surface area contributed by atoms with Gasteiger partial charge < -0.3 is 5.32 Å². The van der Waals surface area contributed by atoms with Crippen molar-refractivity contribution in [2.24, 2.45) is 0 Å². The summed E-state index contributed by atoms with van der Waals surface area (Å²) >= 11 is 7.47. The molecule has 0 atom stereocenters. The van der Waals surface area contributed by atoms with Gasteiger partial charge in [-0.05, 0) is 42.5 Å². The molecule has 0 saturated heterocycles. The Morgan fingerprint density at radius 2 is 2.00 bits per heavy atom. The van der Waals surface area contributed by atoms with E-state index in [9.17, 15) is 4.79 Å². The maximum atomic E-state index is 12.2. The van der Waals surface area contributed by atoms with E-state index in [1.165, 1.54) is 0 Å². The van der Waals surface area contributed by atoms with E-state index in [1.807, 2.05) is 36.4 Å². The van der Waals surface area contributed by atoms with Gasteiger partial charge in [0.2, 0.25) is 5.91 Å². The fourth-order valence-corrected chi connectivity index (χ4v) is 3.05. The zero-order chi connectivity index (χ0) is 16.8. The molecule has 0 bridgehead atoms. The monoisotopic (exact) mass is 358 g/mol. The SMILES string of the molecule is O=C(CCSc1ccc(Cl)cc1)Nc1cccnc1-n1cccn1. The van der Waals surface area contributed by atoms with Crippen LogP contribution in [0.15, 0.2) is 66.0 Å². The van der Waals surface area contributed by atoms with Crippen molar-refractivity contribution in [3.05, 3.63) is 66.1 Å². The van der Waals surface area contributed by atoms with E-state index in [0.29, 0.717) is 28.7 Å². The zero-order valence-electron chi connectivity index (χ0n) is 12.7. The Morgan fingerprint density at radius 3 is 2.75 bits per heavy atom. The normalized spacial score (nSPS) is 10.5. The predicted molar refractivity (Wildman–Crippen MR) is 96.8 cm³/mol. The molecule has 24 heavy (non-hydrogen) atoms. The Hall–Kier alpha value is -2.31. The first kappa shape index (κ1) is 16.5. The number of hydrogen-bond donors (Lipinski definition) is 1.